The lowest BCUT2D eigenvalue weighted by molar-refractivity contribution is 0.431. The number of aromatic hydroxyl groups is 1. The molecule has 0 aliphatic heterocycles. The zero-order valence-electron chi connectivity index (χ0n) is 12.1. The van der Waals surface area contributed by atoms with Gasteiger partial charge in [0.05, 0.1) is 12.2 Å². The van der Waals surface area contributed by atoms with Gasteiger partial charge in [0.2, 0.25) is 0 Å². The lowest BCUT2D eigenvalue weighted by Crippen LogP contribution is -2.36. The maximum atomic E-state index is 13.2. The number of guanidine groups is 1. The minimum atomic E-state index is -0.634. The van der Waals surface area contributed by atoms with Crippen LogP contribution in [0.1, 0.15) is 11.3 Å². The zero-order valence-corrected chi connectivity index (χ0v) is 14.4. The maximum Gasteiger partial charge on any atom is 0.191 e. The van der Waals surface area contributed by atoms with E-state index in [0.717, 1.165) is 5.69 Å². The molecule has 0 radical (unpaired) electrons. The Morgan fingerprint density at radius 3 is 2.64 bits per heavy atom. The van der Waals surface area contributed by atoms with Crippen molar-refractivity contribution in [2.24, 2.45) is 4.99 Å². The van der Waals surface area contributed by atoms with Crippen LogP contribution >= 0.6 is 24.0 Å². The fourth-order valence-electron chi connectivity index (χ4n) is 1.74. The molecule has 1 heterocycles. The van der Waals surface area contributed by atoms with Gasteiger partial charge in [0.1, 0.15) is 0 Å². The van der Waals surface area contributed by atoms with Crippen LogP contribution in [0.25, 0.3) is 0 Å². The van der Waals surface area contributed by atoms with Crippen LogP contribution in [0.5, 0.6) is 5.75 Å². The van der Waals surface area contributed by atoms with E-state index in [1.807, 2.05) is 18.2 Å². The first-order valence-electron chi connectivity index (χ1n) is 6.51. The van der Waals surface area contributed by atoms with E-state index in [1.165, 1.54) is 12.1 Å². The van der Waals surface area contributed by atoms with Gasteiger partial charge in [-0.15, -0.1) is 24.0 Å². The van der Waals surface area contributed by atoms with Crippen LogP contribution in [0.4, 0.5) is 4.39 Å². The maximum absolute atomic E-state index is 13.2. The highest BCUT2D eigenvalue weighted by Gasteiger charge is 2.03. The van der Waals surface area contributed by atoms with E-state index in [0.29, 0.717) is 24.6 Å². The van der Waals surface area contributed by atoms with Gasteiger partial charge >= 0.3 is 0 Å². The Morgan fingerprint density at radius 1 is 1.23 bits per heavy atom. The number of halogens is 2. The highest BCUT2D eigenvalue weighted by Crippen LogP contribution is 2.15. The Bertz CT molecular complexity index is 622. The highest BCUT2D eigenvalue weighted by molar-refractivity contribution is 14.0. The smallest absolute Gasteiger partial charge is 0.191 e. The standard InChI is InChI=1S/C15H17FN4O.HI/c1-17-15(20-10-12-4-2-3-7-18-12)19-9-11-5-6-14(21)13(16)8-11;/h2-8,21H,9-10H2,1H3,(H2,17,19,20);1H. The van der Waals surface area contributed by atoms with Gasteiger partial charge in [0.15, 0.2) is 17.5 Å². The molecule has 5 nitrogen and oxygen atoms in total. The minimum Gasteiger partial charge on any atom is -0.505 e. The van der Waals surface area contributed by atoms with Gasteiger partial charge in [0.25, 0.3) is 0 Å². The zero-order chi connectivity index (χ0) is 15.1. The molecule has 0 unspecified atom stereocenters. The predicted octanol–water partition coefficient (Wildman–Crippen LogP) is 2.41. The van der Waals surface area contributed by atoms with Gasteiger partial charge in [-0.1, -0.05) is 12.1 Å². The second-order valence-corrected chi connectivity index (χ2v) is 4.39. The number of nitrogens with one attached hydrogen (secondary N) is 2. The number of benzene rings is 1. The number of hydrogen-bond donors (Lipinski definition) is 3. The molecule has 3 N–H and O–H groups in total. The molecule has 0 fully saturated rings. The van der Waals surface area contributed by atoms with Crippen LogP contribution < -0.4 is 10.6 Å². The van der Waals surface area contributed by atoms with Crippen LogP contribution in [0, 0.1) is 5.82 Å². The molecule has 2 rings (SSSR count). The van der Waals surface area contributed by atoms with E-state index in [-0.39, 0.29) is 29.7 Å². The first-order valence-corrected chi connectivity index (χ1v) is 6.51. The van der Waals surface area contributed by atoms with Gasteiger partial charge in [-0.25, -0.2) is 4.39 Å². The van der Waals surface area contributed by atoms with Crippen molar-refractivity contribution in [3.63, 3.8) is 0 Å². The molecule has 0 saturated carbocycles. The van der Waals surface area contributed by atoms with Crippen molar-refractivity contribution < 1.29 is 9.50 Å². The molecule has 1 aromatic carbocycles. The Kier molecular flexibility index (Phi) is 7.58. The minimum absolute atomic E-state index is 0. The van der Waals surface area contributed by atoms with E-state index < -0.39 is 5.82 Å². The summed E-state index contributed by atoms with van der Waals surface area (Å²) >= 11 is 0. The number of phenols is 1. The molecule has 22 heavy (non-hydrogen) atoms. The predicted molar refractivity (Wildman–Crippen MR) is 94.8 cm³/mol. The van der Waals surface area contributed by atoms with Crippen molar-refractivity contribution in [2.75, 3.05) is 7.05 Å². The summed E-state index contributed by atoms with van der Waals surface area (Å²) in [6, 6.07) is 9.95. The SMILES string of the molecule is CN=C(NCc1ccc(O)c(F)c1)NCc1ccccn1.I. The van der Waals surface area contributed by atoms with Crippen molar-refractivity contribution in [1.82, 2.24) is 15.6 Å². The summed E-state index contributed by atoms with van der Waals surface area (Å²) in [4.78, 5) is 8.28. The van der Waals surface area contributed by atoms with Gasteiger partial charge in [-0.3, -0.25) is 9.98 Å². The van der Waals surface area contributed by atoms with Gasteiger partial charge in [-0.2, -0.15) is 0 Å². The fraction of sp³-hybridized carbons (Fsp3) is 0.200. The van der Waals surface area contributed by atoms with E-state index in [9.17, 15) is 4.39 Å². The van der Waals surface area contributed by atoms with Crippen molar-refractivity contribution in [2.45, 2.75) is 13.1 Å². The van der Waals surface area contributed by atoms with Crippen molar-refractivity contribution in [3.8, 4) is 5.75 Å². The van der Waals surface area contributed by atoms with E-state index >= 15 is 0 Å². The summed E-state index contributed by atoms with van der Waals surface area (Å²) in [5.74, 6) is -0.392. The number of pyridine rings is 1. The number of aromatic nitrogens is 1. The van der Waals surface area contributed by atoms with Crippen LogP contribution in [0.3, 0.4) is 0 Å². The largest absolute Gasteiger partial charge is 0.505 e. The third-order valence-electron chi connectivity index (χ3n) is 2.86. The summed E-state index contributed by atoms with van der Waals surface area (Å²) in [5, 5.41) is 15.3. The summed E-state index contributed by atoms with van der Waals surface area (Å²) in [6.07, 6.45) is 1.73. The fourth-order valence-corrected chi connectivity index (χ4v) is 1.74. The van der Waals surface area contributed by atoms with Crippen molar-refractivity contribution >= 4 is 29.9 Å². The van der Waals surface area contributed by atoms with Crippen molar-refractivity contribution in [1.29, 1.82) is 0 Å². The molecular formula is C15H18FIN4O. The van der Waals surface area contributed by atoms with Gasteiger partial charge in [0, 0.05) is 19.8 Å². The van der Waals surface area contributed by atoms with Crippen LogP contribution in [-0.4, -0.2) is 23.1 Å². The van der Waals surface area contributed by atoms with E-state index in [1.54, 1.807) is 19.3 Å². The highest BCUT2D eigenvalue weighted by atomic mass is 127. The summed E-state index contributed by atoms with van der Waals surface area (Å²) in [7, 11) is 1.66. The molecule has 7 heteroatoms. The molecule has 1 aromatic heterocycles. The molecular weight excluding hydrogens is 398 g/mol. The third kappa shape index (κ3) is 5.47. The summed E-state index contributed by atoms with van der Waals surface area (Å²) in [6.45, 7) is 0.948. The van der Waals surface area contributed by atoms with Crippen LogP contribution in [0.15, 0.2) is 47.6 Å². The number of nitrogens with zero attached hydrogens (tertiary/aromatic N) is 2. The summed E-state index contributed by atoms with van der Waals surface area (Å²) in [5.41, 5.74) is 1.61. The first kappa shape index (κ1) is 18.1. The van der Waals surface area contributed by atoms with Gasteiger partial charge in [-0.05, 0) is 29.8 Å². The van der Waals surface area contributed by atoms with Gasteiger partial charge < -0.3 is 15.7 Å². The molecule has 0 saturated heterocycles. The molecule has 0 amide bonds. The Morgan fingerprint density at radius 2 is 2.00 bits per heavy atom. The molecule has 0 spiro atoms. The topological polar surface area (TPSA) is 69.5 Å². The average molecular weight is 416 g/mol. The lowest BCUT2D eigenvalue weighted by atomic mass is 10.2. The van der Waals surface area contributed by atoms with Crippen molar-refractivity contribution in [3.05, 3.63) is 59.7 Å². The van der Waals surface area contributed by atoms with Crippen LogP contribution in [-0.2, 0) is 13.1 Å². The number of phenolic OH excluding ortho intramolecular Hbond substituents is 1. The van der Waals surface area contributed by atoms with E-state index in [4.69, 9.17) is 5.11 Å². The average Bonchev–Trinajstić information content (AvgIpc) is 2.52. The summed E-state index contributed by atoms with van der Waals surface area (Å²) < 4.78 is 13.2. The Hall–Kier alpha value is -1.90. The third-order valence-corrected chi connectivity index (χ3v) is 2.86. The first-order chi connectivity index (χ1) is 10.2. The quantitative estimate of drug-likeness (QED) is 0.407. The second-order valence-electron chi connectivity index (χ2n) is 4.39. The second kappa shape index (κ2) is 9.19. The normalized spacial score (nSPS) is 10.7. The molecule has 0 aliphatic rings. The molecule has 0 bridgehead atoms. The Balaban J connectivity index is 0.00000242. The molecule has 0 atom stereocenters. The number of rotatable bonds is 4. The Labute approximate surface area is 145 Å². The number of hydrogen-bond acceptors (Lipinski definition) is 3. The van der Waals surface area contributed by atoms with E-state index in [2.05, 4.69) is 20.6 Å². The van der Waals surface area contributed by atoms with Crippen LogP contribution in [0.2, 0.25) is 0 Å². The molecule has 2 aromatic rings. The molecule has 118 valence electrons. The monoisotopic (exact) mass is 416 g/mol. The number of aliphatic imine (C=N–C) groups is 1. The molecule has 0 aliphatic carbocycles. The lowest BCUT2D eigenvalue weighted by Gasteiger charge is -2.11.